The Morgan fingerprint density at radius 1 is 1.25 bits per heavy atom. The molecule has 1 aromatic heterocycles. The van der Waals surface area contributed by atoms with Crippen LogP contribution in [0.15, 0.2) is 46.4 Å². The van der Waals surface area contributed by atoms with Gasteiger partial charge in [-0.05, 0) is 30.9 Å². The highest BCUT2D eigenvalue weighted by Crippen LogP contribution is 2.49. The molecule has 4 heteroatoms. The number of nitrogens with one attached hydrogen (secondary N) is 1. The molecule has 1 atom stereocenters. The molecule has 102 valence electrons. The molecule has 0 saturated heterocycles. The number of rotatable bonds is 1. The summed E-state index contributed by atoms with van der Waals surface area (Å²) in [4.78, 5) is 18.0. The van der Waals surface area contributed by atoms with Crippen molar-refractivity contribution in [3.63, 3.8) is 0 Å². The van der Waals surface area contributed by atoms with Crippen LogP contribution in [0.5, 0.6) is 0 Å². The van der Waals surface area contributed by atoms with E-state index in [0.29, 0.717) is 12.2 Å². The van der Waals surface area contributed by atoms with Crippen molar-refractivity contribution in [2.45, 2.75) is 31.6 Å². The maximum Gasteiger partial charge on any atom is 0.161 e. The molecule has 2 aliphatic heterocycles. The third-order valence-electron chi connectivity index (χ3n) is 4.23. The molecule has 1 aliphatic carbocycles. The van der Waals surface area contributed by atoms with Crippen molar-refractivity contribution in [2.75, 3.05) is 5.75 Å². The van der Waals surface area contributed by atoms with Crippen molar-refractivity contribution in [2.24, 2.45) is 0 Å². The second kappa shape index (κ2) is 4.77. The zero-order chi connectivity index (χ0) is 13.5. The number of aromatic nitrogens is 1. The molecule has 0 saturated carbocycles. The first kappa shape index (κ1) is 12.2. The Bertz CT molecular complexity index is 633. The summed E-state index contributed by atoms with van der Waals surface area (Å²) < 4.78 is 0. The number of allylic oxidation sites excluding steroid dienone is 4. The number of dihydropyridines is 1. The van der Waals surface area contributed by atoms with Gasteiger partial charge in [0.25, 0.3) is 0 Å². The van der Waals surface area contributed by atoms with E-state index in [1.165, 1.54) is 10.6 Å². The van der Waals surface area contributed by atoms with Gasteiger partial charge in [-0.25, -0.2) is 0 Å². The van der Waals surface area contributed by atoms with E-state index in [1.807, 2.05) is 24.0 Å². The van der Waals surface area contributed by atoms with E-state index in [9.17, 15) is 4.79 Å². The van der Waals surface area contributed by atoms with Crippen LogP contribution in [0, 0.1) is 0 Å². The number of hydrogen-bond donors (Lipinski definition) is 1. The molecular weight excluding hydrogens is 268 g/mol. The summed E-state index contributed by atoms with van der Waals surface area (Å²) in [7, 11) is 0. The maximum absolute atomic E-state index is 12.5. The lowest BCUT2D eigenvalue weighted by Gasteiger charge is -2.33. The lowest BCUT2D eigenvalue weighted by Crippen LogP contribution is -2.30. The van der Waals surface area contributed by atoms with Gasteiger partial charge in [-0.15, -0.1) is 11.8 Å². The van der Waals surface area contributed by atoms with Crippen LogP contribution in [0.25, 0.3) is 0 Å². The van der Waals surface area contributed by atoms with Gasteiger partial charge in [0.15, 0.2) is 5.78 Å². The fraction of sp³-hybridized carbons (Fsp3) is 0.375. The highest BCUT2D eigenvalue weighted by molar-refractivity contribution is 8.03. The molecular formula is C16H16N2OS. The predicted octanol–water partition coefficient (Wildman–Crippen LogP) is 3.12. The monoisotopic (exact) mass is 284 g/mol. The molecule has 0 fully saturated rings. The van der Waals surface area contributed by atoms with Crippen molar-refractivity contribution < 1.29 is 4.79 Å². The first-order chi connectivity index (χ1) is 9.84. The summed E-state index contributed by atoms with van der Waals surface area (Å²) in [6, 6.07) is 4.06. The third kappa shape index (κ3) is 1.82. The minimum atomic E-state index is 0.121. The number of ketones is 1. The van der Waals surface area contributed by atoms with E-state index in [4.69, 9.17) is 0 Å². The number of Topliss-reactive ketones (excluding diaryl/α,β-unsaturated/α-hetero) is 1. The first-order valence-corrected chi connectivity index (χ1v) is 8.12. The Morgan fingerprint density at radius 3 is 3.05 bits per heavy atom. The van der Waals surface area contributed by atoms with Gasteiger partial charge in [0.1, 0.15) is 0 Å². The van der Waals surface area contributed by atoms with E-state index in [-0.39, 0.29) is 5.92 Å². The summed E-state index contributed by atoms with van der Waals surface area (Å²) in [5.74, 6) is 1.55. The second-order valence-electron chi connectivity index (χ2n) is 5.45. The molecule has 0 spiro atoms. The van der Waals surface area contributed by atoms with Gasteiger partial charge in [-0.1, -0.05) is 6.07 Å². The van der Waals surface area contributed by atoms with Crippen LogP contribution >= 0.6 is 11.8 Å². The summed E-state index contributed by atoms with van der Waals surface area (Å²) >= 11 is 1.89. The van der Waals surface area contributed by atoms with Crippen molar-refractivity contribution in [1.29, 1.82) is 0 Å². The Kier molecular flexibility index (Phi) is 2.91. The topological polar surface area (TPSA) is 42.0 Å². The molecule has 0 amide bonds. The highest BCUT2D eigenvalue weighted by Gasteiger charge is 2.38. The molecule has 1 unspecified atom stereocenters. The third-order valence-corrected chi connectivity index (χ3v) is 5.43. The number of nitrogens with zero attached hydrogens (tertiary/aromatic N) is 1. The van der Waals surface area contributed by atoms with Crippen LogP contribution in [-0.4, -0.2) is 16.5 Å². The lowest BCUT2D eigenvalue weighted by atomic mass is 9.79. The summed E-state index contributed by atoms with van der Waals surface area (Å²) in [5.41, 5.74) is 4.64. The molecule has 4 rings (SSSR count). The van der Waals surface area contributed by atoms with Gasteiger partial charge in [0.2, 0.25) is 0 Å². The first-order valence-electron chi connectivity index (χ1n) is 7.13. The van der Waals surface area contributed by atoms with Crippen molar-refractivity contribution in [3.8, 4) is 0 Å². The molecule has 1 aromatic rings. The van der Waals surface area contributed by atoms with E-state index in [0.717, 1.165) is 41.8 Å². The zero-order valence-electron chi connectivity index (χ0n) is 11.2. The van der Waals surface area contributed by atoms with E-state index in [1.54, 1.807) is 6.20 Å². The summed E-state index contributed by atoms with van der Waals surface area (Å²) in [6.07, 6.45) is 7.44. The van der Waals surface area contributed by atoms with Crippen LogP contribution in [-0.2, 0) is 4.79 Å². The molecule has 20 heavy (non-hydrogen) atoms. The summed E-state index contributed by atoms with van der Waals surface area (Å²) in [6.45, 7) is 0. The molecule has 3 nitrogen and oxygen atoms in total. The SMILES string of the molecule is O=C1CCCC2=C1C(c1cccnc1)C1=C(CCS1)N2. The maximum atomic E-state index is 12.5. The average Bonchev–Trinajstić information content (AvgIpc) is 2.94. The standard InChI is InChI=1S/C16H16N2OS/c19-13-5-1-4-11-15(13)14(10-3-2-7-17-9-10)16-12(18-11)6-8-20-16/h2-3,7,9,14,18H,1,4-6,8H2. The lowest BCUT2D eigenvalue weighted by molar-refractivity contribution is -0.116. The van der Waals surface area contributed by atoms with E-state index < -0.39 is 0 Å². The molecule has 0 bridgehead atoms. The minimum Gasteiger partial charge on any atom is -0.361 e. The number of carbonyl (C=O) groups excluding carboxylic acids is 1. The van der Waals surface area contributed by atoms with Gasteiger partial charge in [-0.3, -0.25) is 9.78 Å². The quantitative estimate of drug-likeness (QED) is 0.860. The fourth-order valence-electron chi connectivity index (χ4n) is 3.36. The molecule has 0 aromatic carbocycles. The van der Waals surface area contributed by atoms with Crippen molar-refractivity contribution in [1.82, 2.24) is 10.3 Å². The van der Waals surface area contributed by atoms with Crippen LogP contribution < -0.4 is 5.32 Å². The molecule has 1 N–H and O–H groups in total. The number of carbonyl (C=O) groups is 1. The normalized spacial score (nSPS) is 25.4. The van der Waals surface area contributed by atoms with Crippen LogP contribution in [0.4, 0.5) is 0 Å². The Balaban J connectivity index is 1.87. The van der Waals surface area contributed by atoms with Gasteiger partial charge >= 0.3 is 0 Å². The second-order valence-corrected chi connectivity index (χ2v) is 6.59. The largest absolute Gasteiger partial charge is 0.361 e. The summed E-state index contributed by atoms with van der Waals surface area (Å²) in [5, 5.41) is 3.54. The number of pyridine rings is 1. The zero-order valence-corrected chi connectivity index (χ0v) is 12.0. The molecule has 3 aliphatic rings. The number of hydrogen-bond acceptors (Lipinski definition) is 4. The van der Waals surface area contributed by atoms with Gasteiger partial charge in [0, 0.05) is 52.4 Å². The minimum absolute atomic E-state index is 0.121. The Hall–Kier alpha value is -1.55. The smallest absolute Gasteiger partial charge is 0.161 e. The van der Waals surface area contributed by atoms with E-state index in [2.05, 4.69) is 16.4 Å². The average molecular weight is 284 g/mol. The van der Waals surface area contributed by atoms with Gasteiger partial charge < -0.3 is 5.32 Å². The Morgan fingerprint density at radius 2 is 2.20 bits per heavy atom. The molecule has 3 heterocycles. The van der Waals surface area contributed by atoms with Crippen molar-refractivity contribution in [3.05, 3.63) is 52.0 Å². The van der Waals surface area contributed by atoms with Crippen LogP contribution in [0.2, 0.25) is 0 Å². The Labute approximate surface area is 122 Å². The molecule has 0 radical (unpaired) electrons. The van der Waals surface area contributed by atoms with Crippen molar-refractivity contribution >= 4 is 17.5 Å². The van der Waals surface area contributed by atoms with Gasteiger partial charge in [0.05, 0.1) is 0 Å². The van der Waals surface area contributed by atoms with Crippen LogP contribution in [0.1, 0.15) is 37.2 Å². The highest BCUT2D eigenvalue weighted by atomic mass is 32.2. The van der Waals surface area contributed by atoms with E-state index >= 15 is 0 Å². The van der Waals surface area contributed by atoms with Crippen LogP contribution in [0.3, 0.4) is 0 Å². The van der Waals surface area contributed by atoms with Gasteiger partial charge in [-0.2, -0.15) is 0 Å². The number of thioether (sulfide) groups is 1. The fourth-order valence-corrected chi connectivity index (χ4v) is 4.64. The predicted molar refractivity (Wildman–Crippen MR) is 80.1 cm³/mol.